The van der Waals surface area contributed by atoms with Crippen molar-refractivity contribution in [3.63, 3.8) is 0 Å². The first-order valence-electron chi connectivity index (χ1n) is 6.14. The fraction of sp³-hybridized carbons (Fsp3) is 0.750. The van der Waals surface area contributed by atoms with Gasteiger partial charge in [-0.05, 0) is 54.6 Å². The van der Waals surface area contributed by atoms with Gasteiger partial charge in [-0.25, -0.2) is 0 Å². The molecule has 2 aliphatic carbocycles. The molecule has 16 heavy (non-hydrogen) atoms. The third-order valence-electron chi connectivity index (χ3n) is 5.16. The molecule has 1 spiro atoms. The van der Waals surface area contributed by atoms with Gasteiger partial charge in [0.05, 0.1) is 5.69 Å². The van der Waals surface area contributed by atoms with Gasteiger partial charge in [0.25, 0.3) is 0 Å². The maximum Gasteiger partial charge on any atom is 0.112 e. The monoisotopic (exact) mass is 235 g/mol. The molecule has 1 aromatic rings. The predicted molar refractivity (Wildman–Crippen MR) is 65.7 cm³/mol. The topological polar surface area (TPSA) is 42.1 Å². The number of anilines is 1. The summed E-state index contributed by atoms with van der Waals surface area (Å²) in [6.45, 7) is 4.47. The Bertz CT molecular complexity index is 443. The van der Waals surface area contributed by atoms with E-state index in [1.807, 2.05) is 0 Å². The number of aryl methyl sites for hydroxylation is 1. The molecule has 1 aromatic heterocycles. The summed E-state index contributed by atoms with van der Waals surface area (Å²) in [4.78, 5) is 2.52. The van der Waals surface area contributed by atoms with Crippen molar-refractivity contribution in [3.8, 4) is 0 Å². The van der Waals surface area contributed by atoms with Crippen LogP contribution in [0.2, 0.25) is 0 Å². The molecule has 4 rings (SSSR count). The van der Waals surface area contributed by atoms with Crippen LogP contribution >= 0.6 is 11.5 Å². The summed E-state index contributed by atoms with van der Waals surface area (Å²) in [5.41, 5.74) is 8.00. The van der Waals surface area contributed by atoms with Crippen LogP contribution in [0.4, 0.5) is 5.00 Å². The highest BCUT2D eigenvalue weighted by atomic mass is 32.1. The summed E-state index contributed by atoms with van der Waals surface area (Å²) in [5, 5.41) is 1.35. The average molecular weight is 235 g/mol. The van der Waals surface area contributed by atoms with Gasteiger partial charge in [-0.2, -0.15) is 4.37 Å². The number of aromatic nitrogens is 1. The zero-order valence-electron chi connectivity index (χ0n) is 9.52. The van der Waals surface area contributed by atoms with Crippen LogP contribution in [0.3, 0.4) is 0 Å². The summed E-state index contributed by atoms with van der Waals surface area (Å²) in [6, 6.07) is 2.69. The van der Waals surface area contributed by atoms with E-state index in [9.17, 15) is 0 Å². The van der Waals surface area contributed by atoms with Crippen molar-refractivity contribution < 1.29 is 0 Å². The zero-order valence-corrected chi connectivity index (χ0v) is 10.3. The smallest absolute Gasteiger partial charge is 0.112 e. The van der Waals surface area contributed by atoms with E-state index in [1.54, 1.807) is 11.5 Å². The normalized spacial score (nSPS) is 44.6. The quantitative estimate of drug-likeness (QED) is 0.804. The third kappa shape index (κ3) is 0.915. The molecule has 3 nitrogen and oxygen atoms in total. The van der Waals surface area contributed by atoms with E-state index < -0.39 is 0 Å². The van der Waals surface area contributed by atoms with Gasteiger partial charge in [0.2, 0.25) is 0 Å². The second-order valence-corrected chi connectivity index (χ2v) is 6.53. The van der Waals surface area contributed by atoms with E-state index in [4.69, 9.17) is 5.73 Å². The number of rotatable bonds is 1. The van der Waals surface area contributed by atoms with Crippen LogP contribution in [0.5, 0.6) is 0 Å². The van der Waals surface area contributed by atoms with Gasteiger partial charge in [-0.15, -0.1) is 0 Å². The lowest BCUT2D eigenvalue weighted by molar-refractivity contribution is -0.125. The van der Waals surface area contributed by atoms with E-state index >= 15 is 0 Å². The van der Waals surface area contributed by atoms with Crippen molar-refractivity contribution >= 4 is 16.5 Å². The standard InChI is InChI=1S/C12H17N3S/c1-7-4-10(16-14-7)15-5-9-11(13)8-2-3-12(8,9)6-15/h4,8-9,11H,2-3,5-6,13H2,1H3/t8?,9-,11+,12?/m0/s1. The first-order chi connectivity index (χ1) is 7.71. The van der Waals surface area contributed by atoms with Gasteiger partial charge in [-0.3, -0.25) is 0 Å². The predicted octanol–water partition coefficient (Wildman–Crippen LogP) is 1.63. The molecule has 86 valence electrons. The lowest BCUT2D eigenvalue weighted by Gasteiger charge is -2.64. The molecule has 1 saturated heterocycles. The largest absolute Gasteiger partial charge is 0.361 e. The van der Waals surface area contributed by atoms with Gasteiger partial charge < -0.3 is 10.6 Å². The molecule has 0 bridgehead atoms. The van der Waals surface area contributed by atoms with E-state index in [0.29, 0.717) is 11.5 Å². The highest BCUT2D eigenvalue weighted by Crippen LogP contribution is 2.67. The van der Waals surface area contributed by atoms with Crippen molar-refractivity contribution in [3.05, 3.63) is 11.8 Å². The van der Waals surface area contributed by atoms with Crippen molar-refractivity contribution in [2.24, 2.45) is 23.0 Å². The molecule has 4 heteroatoms. The van der Waals surface area contributed by atoms with Crippen LogP contribution in [-0.2, 0) is 0 Å². The Balaban J connectivity index is 1.62. The SMILES string of the molecule is Cc1cc(N2C[C@H]3[C@H](N)C4CCC43C2)sn1. The molecule has 2 heterocycles. The van der Waals surface area contributed by atoms with Crippen molar-refractivity contribution in [2.75, 3.05) is 18.0 Å². The minimum atomic E-state index is 0.479. The number of hydrogen-bond donors (Lipinski definition) is 1. The Morgan fingerprint density at radius 1 is 1.56 bits per heavy atom. The molecule has 0 radical (unpaired) electrons. The Hall–Kier alpha value is -0.610. The van der Waals surface area contributed by atoms with E-state index in [2.05, 4.69) is 22.3 Å². The lowest BCUT2D eigenvalue weighted by Crippen LogP contribution is -2.69. The molecule has 2 saturated carbocycles. The van der Waals surface area contributed by atoms with Crippen LogP contribution in [-0.4, -0.2) is 23.5 Å². The van der Waals surface area contributed by atoms with Gasteiger partial charge in [-0.1, -0.05) is 0 Å². The summed E-state index contributed by atoms with van der Waals surface area (Å²) in [5.74, 6) is 1.59. The molecule has 0 aromatic carbocycles. The fourth-order valence-electron chi connectivity index (χ4n) is 4.20. The zero-order chi connectivity index (χ0) is 10.9. The lowest BCUT2D eigenvalue weighted by atomic mass is 9.41. The number of hydrogen-bond acceptors (Lipinski definition) is 4. The molecule has 1 aliphatic heterocycles. The van der Waals surface area contributed by atoms with E-state index in [-0.39, 0.29) is 0 Å². The van der Waals surface area contributed by atoms with Crippen LogP contribution < -0.4 is 10.6 Å². The molecular formula is C12H17N3S. The van der Waals surface area contributed by atoms with Crippen LogP contribution in [0, 0.1) is 24.2 Å². The van der Waals surface area contributed by atoms with Crippen LogP contribution in [0.25, 0.3) is 0 Å². The Morgan fingerprint density at radius 2 is 2.44 bits per heavy atom. The van der Waals surface area contributed by atoms with Crippen molar-refractivity contribution in [1.82, 2.24) is 4.37 Å². The second-order valence-electron chi connectivity index (χ2n) is 5.75. The first-order valence-corrected chi connectivity index (χ1v) is 6.92. The molecule has 3 aliphatic rings. The minimum Gasteiger partial charge on any atom is -0.361 e. The summed E-state index contributed by atoms with van der Waals surface area (Å²) in [6.07, 6.45) is 2.78. The third-order valence-corrected chi connectivity index (χ3v) is 6.10. The average Bonchev–Trinajstić information content (AvgIpc) is 2.79. The molecule has 2 unspecified atom stereocenters. The Kier molecular flexibility index (Phi) is 1.65. The number of nitrogens with two attached hydrogens (primary N) is 1. The maximum atomic E-state index is 6.25. The first kappa shape index (κ1) is 9.42. The van der Waals surface area contributed by atoms with Crippen molar-refractivity contribution in [2.45, 2.75) is 25.8 Å². The Morgan fingerprint density at radius 3 is 3.00 bits per heavy atom. The maximum absolute atomic E-state index is 6.25. The van der Waals surface area contributed by atoms with Crippen LogP contribution in [0.15, 0.2) is 6.07 Å². The minimum absolute atomic E-state index is 0.479. The van der Waals surface area contributed by atoms with Gasteiger partial charge in [0.1, 0.15) is 5.00 Å². The summed E-state index contributed by atoms with van der Waals surface area (Å²) >= 11 is 1.64. The molecule has 4 atom stereocenters. The van der Waals surface area contributed by atoms with Gasteiger partial charge in [0, 0.05) is 19.1 Å². The van der Waals surface area contributed by atoms with Gasteiger partial charge in [0.15, 0.2) is 0 Å². The van der Waals surface area contributed by atoms with Crippen molar-refractivity contribution in [1.29, 1.82) is 0 Å². The van der Waals surface area contributed by atoms with E-state index in [1.165, 1.54) is 30.9 Å². The fourth-order valence-corrected chi connectivity index (χ4v) is 4.97. The number of nitrogens with zero attached hydrogens (tertiary/aromatic N) is 2. The summed E-state index contributed by atoms with van der Waals surface area (Å²) < 4.78 is 4.38. The van der Waals surface area contributed by atoms with E-state index in [0.717, 1.165) is 17.5 Å². The van der Waals surface area contributed by atoms with Gasteiger partial charge >= 0.3 is 0 Å². The molecule has 0 amide bonds. The van der Waals surface area contributed by atoms with Crippen LogP contribution in [0.1, 0.15) is 18.5 Å². The summed E-state index contributed by atoms with van der Waals surface area (Å²) in [7, 11) is 0. The molecule has 3 fully saturated rings. The molecular weight excluding hydrogens is 218 g/mol. The second kappa shape index (κ2) is 2.79. The highest BCUT2D eigenvalue weighted by molar-refractivity contribution is 7.10. The highest BCUT2D eigenvalue weighted by Gasteiger charge is 2.68. The molecule has 2 N–H and O–H groups in total. The Labute approximate surface area is 99.8 Å².